The number of ketones is 1. The number of nitrogens with zero attached hydrogens (tertiary/aromatic N) is 1. The van der Waals surface area contributed by atoms with Gasteiger partial charge in [0, 0.05) is 6.42 Å². The number of rotatable bonds is 5. The largest absolute Gasteiger partial charge is 0.490 e. The van der Waals surface area contributed by atoms with E-state index in [4.69, 9.17) is 5.53 Å². The van der Waals surface area contributed by atoms with E-state index >= 15 is 0 Å². The first-order chi connectivity index (χ1) is 6.52. The predicted molar refractivity (Wildman–Crippen MR) is 49.1 cm³/mol. The van der Waals surface area contributed by atoms with Crippen LogP contribution in [0.2, 0.25) is 0 Å². The Balaban J connectivity index is 4.36. The Morgan fingerprint density at radius 2 is 2.00 bits per heavy atom. The minimum atomic E-state index is -0.839. The topological polar surface area (TPSA) is 81.3 Å². The minimum Gasteiger partial charge on any atom is -0.460 e. The van der Waals surface area contributed by atoms with E-state index in [0.29, 0.717) is 12.3 Å². The van der Waals surface area contributed by atoms with E-state index in [2.05, 4.69) is 9.53 Å². The van der Waals surface area contributed by atoms with Gasteiger partial charge in [-0.15, -0.1) is 0 Å². The molecule has 78 valence electrons. The molecule has 5 heteroatoms. The van der Waals surface area contributed by atoms with Crippen molar-refractivity contribution in [3.8, 4) is 0 Å². The highest BCUT2D eigenvalue weighted by molar-refractivity contribution is 6.62. The number of ether oxygens (including phenoxy) is 1. The summed E-state index contributed by atoms with van der Waals surface area (Å²) in [4.78, 5) is 25.1. The van der Waals surface area contributed by atoms with Gasteiger partial charge in [-0.1, -0.05) is 13.8 Å². The van der Waals surface area contributed by atoms with Gasteiger partial charge in [-0.25, -0.2) is 4.79 Å². The summed E-state index contributed by atoms with van der Waals surface area (Å²) >= 11 is 0. The van der Waals surface area contributed by atoms with Crippen LogP contribution in [-0.4, -0.2) is 29.4 Å². The molecule has 0 aliphatic rings. The maximum Gasteiger partial charge on any atom is 0.490 e. The fraction of sp³-hybridized carbons (Fsp3) is 0.667. The molecule has 0 heterocycles. The maximum atomic E-state index is 11.3. The average molecular weight is 199 g/mol. The monoisotopic (exact) mass is 199 g/mol. The van der Waals surface area contributed by atoms with Gasteiger partial charge in [-0.2, -0.15) is 0 Å². The Bertz CT molecular complexity index is 278. The lowest BCUT2D eigenvalue weighted by Gasteiger charge is -1.99. The molecule has 0 aliphatic heterocycles. The molecule has 0 atom stereocenters. The van der Waals surface area contributed by atoms with Crippen LogP contribution in [0.15, 0.2) is 0 Å². The Morgan fingerprint density at radius 1 is 1.43 bits per heavy atom. The SMILES string of the molecule is COC(=O)C(=[N+]=N)C(=O)CCC(C)C. The van der Waals surface area contributed by atoms with Gasteiger partial charge in [0.05, 0.1) is 17.4 Å². The molecule has 0 spiro atoms. The summed E-state index contributed by atoms with van der Waals surface area (Å²) in [6.45, 7) is 3.95. The highest BCUT2D eigenvalue weighted by Gasteiger charge is 2.32. The molecule has 0 aromatic carbocycles. The molecule has 0 rings (SSSR count). The zero-order valence-electron chi connectivity index (χ0n) is 8.66. The number of carbonyl (C=O) groups excluding carboxylic acids is 2. The van der Waals surface area contributed by atoms with Gasteiger partial charge < -0.3 is 4.74 Å². The van der Waals surface area contributed by atoms with Crippen molar-refractivity contribution in [3.63, 3.8) is 0 Å². The lowest BCUT2D eigenvalue weighted by atomic mass is 10.0. The smallest absolute Gasteiger partial charge is 0.460 e. The van der Waals surface area contributed by atoms with Crippen molar-refractivity contribution in [2.24, 2.45) is 5.92 Å². The number of carbonyl (C=O) groups is 2. The first kappa shape index (κ1) is 12.5. The van der Waals surface area contributed by atoms with Crippen LogP contribution in [0.5, 0.6) is 0 Å². The Morgan fingerprint density at radius 3 is 2.36 bits per heavy atom. The van der Waals surface area contributed by atoms with Crippen molar-refractivity contribution >= 4 is 17.5 Å². The molecule has 5 nitrogen and oxygen atoms in total. The van der Waals surface area contributed by atoms with Crippen molar-refractivity contribution < 1.29 is 19.1 Å². The van der Waals surface area contributed by atoms with E-state index in [0.717, 1.165) is 7.11 Å². The van der Waals surface area contributed by atoms with Crippen molar-refractivity contribution in [1.29, 1.82) is 5.53 Å². The van der Waals surface area contributed by atoms with E-state index in [1.807, 2.05) is 13.8 Å². The zero-order valence-corrected chi connectivity index (χ0v) is 8.66. The van der Waals surface area contributed by atoms with Gasteiger partial charge in [0.25, 0.3) is 5.78 Å². The molecule has 0 radical (unpaired) electrons. The lowest BCUT2D eigenvalue weighted by molar-refractivity contribution is -0.155. The van der Waals surface area contributed by atoms with Crippen LogP contribution in [0.4, 0.5) is 0 Å². The summed E-state index contributed by atoms with van der Waals surface area (Å²) in [6.07, 6.45) is 0.902. The summed E-state index contributed by atoms with van der Waals surface area (Å²) in [7, 11) is 1.16. The molecule has 0 saturated heterocycles. The number of methoxy groups -OCH3 is 1. The summed E-state index contributed by atoms with van der Waals surface area (Å²) in [6, 6.07) is 0. The van der Waals surface area contributed by atoms with Crippen LogP contribution in [0.3, 0.4) is 0 Å². The van der Waals surface area contributed by atoms with Gasteiger partial charge in [0.2, 0.25) is 0 Å². The van der Waals surface area contributed by atoms with Crippen LogP contribution in [0.25, 0.3) is 0 Å². The fourth-order valence-electron chi connectivity index (χ4n) is 0.857. The normalized spacial score (nSPS) is 9.43. The second-order valence-electron chi connectivity index (χ2n) is 3.31. The molecule has 0 saturated carbocycles. The van der Waals surface area contributed by atoms with Crippen LogP contribution in [0, 0.1) is 11.4 Å². The van der Waals surface area contributed by atoms with Crippen molar-refractivity contribution in [3.05, 3.63) is 0 Å². The summed E-state index contributed by atoms with van der Waals surface area (Å²) in [5, 5.41) is 0. The van der Waals surface area contributed by atoms with E-state index in [-0.39, 0.29) is 6.42 Å². The van der Waals surface area contributed by atoms with Gasteiger partial charge in [0.15, 0.2) is 0 Å². The first-order valence-corrected chi connectivity index (χ1v) is 4.38. The molecule has 0 fully saturated rings. The molecule has 14 heavy (non-hydrogen) atoms. The first-order valence-electron chi connectivity index (χ1n) is 4.38. The van der Waals surface area contributed by atoms with E-state index < -0.39 is 17.5 Å². The summed E-state index contributed by atoms with van der Waals surface area (Å²) in [5.41, 5.74) is 6.25. The molecule has 0 aromatic rings. The maximum absolute atomic E-state index is 11.3. The molecule has 0 bridgehead atoms. The standard InChI is InChI=1S/C9H15N2O3/c1-6(2)4-5-7(12)8(11-10)9(13)14-3/h6,10H,4-5H2,1-3H3/q+1. The summed E-state index contributed by atoms with van der Waals surface area (Å²) in [5.74, 6) is -0.891. The number of hydrogen-bond acceptors (Lipinski definition) is 4. The molecular formula is C9H15N2O3+. The number of hydrogen-bond donors (Lipinski definition) is 1. The van der Waals surface area contributed by atoms with Gasteiger partial charge in [-0.3, -0.25) is 4.79 Å². The molecule has 1 N–H and O–H groups in total. The van der Waals surface area contributed by atoms with Crippen molar-refractivity contribution in [1.82, 2.24) is 0 Å². The van der Waals surface area contributed by atoms with Crippen LogP contribution in [0.1, 0.15) is 26.7 Å². The number of Topliss-reactive ketones (excluding diaryl/α,β-unsaturated/α-hetero) is 1. The molecular weight excluding hydrogens is 184 g/mol. The Kier molecular flexibility index (Phi) is 5.41. The van der Waals surface area contributed by atoms with E-state index in [1.165, 1.54) is 0 Å². The third-order valence-electron chi connectivity index (χ3n) is 1.70. The third kappa shape index (κ3) is 3.96. The summed E-state index contributed by atoms with van der Waals surface area (Å²) < 4.78 is 4.32. The van der Waals surface area contributed by atoms with Crippen molar-refractivity contribution in [2.75, 3.05) is 7.11 Å². The number of esters is 1. The second kappa shape index (κ2) is 6.05. The van der Waals surface area contributed by atoms with Gasteiger partial charge in [-0.05, 0) is 12.3 Å². The highest BCUT2D eigenvalue weighted by Crippen LogP contribution is 2.04. The molecule has 0 aromatic heterocycles. The molecule has 0 amide bonds. The van der Waals surface area contributed by atoms with Crippen LogP contribution in [-0.2, 0) is 14.3 Å². The Hall–Kier alpha value is -1.48. The Labute approximate surface area is 82.7 Å². The van der Waals surface area contributed by atoms with E-state index in [1.54, 1.807) is 0 Å². The van der Waals surface area contributed by atoms with Crippen molar-refractivity contribution in [2.45, 2.75) is 26.7 Å². The van der Waals surface area contributed by atoms with Crippen LogP contribution >= 0.6 is 0 Å². The quantitative estimate of drug-likeness (QED) is 0.234. The van der Waals surface area contributed by atoms with E-state index in [9.17, 15) is 9.59 Å². The van der Waals surface area contributed by atoms with Gasteiger partial charge >= 0.3 is 11.7 Å². The second-order valence-corrected chi connectivity index (χ2v) is 3.31. The predicted octanol–water partition coefficient (Wildman–Crippen LogP) is 0.845. The average Bonchev–Trinajstić information content (AvgIpc) is 2.15. The fourth-order valence-corrected chi connectivity index (χ4v) is 0.857. The lowest BCUT2D eigenvalue weighted by Crippen LogP contribution is -2.26. The van der Waals surface area contributed by atoms with Crippen LogP contribution < -0.4 is 0 Å². The van der Waals surface area contributed by atoms with Gasteiger partial charge in [0.1, 0.15) is 0 Å². The minimum absolute atomic E-state index is 0.227. The zero-order chi connectivity index (χ0) is 11.1. The molecule has 0 aliphatic carbocycles. The highest BCUT2D eigenvalue weighted by atomic mass is 16.5. The number of nitrogens with one attached hydrogen (secondary N) is 1. The molecule has 0 unspecified atom stereocenters. The third-order valence-corrected chi connectivity index (χ3v) is 1.70.